The summed E-state index contributed by atoms with van der Waals surface area (Å²) < 4.78 is 4.94. The van der Waals surface area contributed by atoms with Crippen molar-refractivity contribution in [3.05, 3.63) is 29.8 Å². The van der Waals surface area contributed by atoms with Gasteiger partial charge in [0, 0.05) is 43.4 Å². The van der Waals surface area contributed by atoms with Crippen molar-refractivity contribution in [2.75, 3.05) is 38.7 Å². The molecule has 1 heterocycles. The zero-order valence-electron chi connectivity index (χ0n) is 17.2. The second-order valence-electron chi connectivity index (χ2n) is 8.16. The summed E-state index contributed by atoms with van der Waals surface area (Å²) in [6.07, 6.45) is 1.58. The van der Waals surface area contributed by atoms with Gasteiger partial charge in [-0.3, -0.25) is 14.4 Å². The van der Waals surface area contributed by atoms with Crippen LogP contribution in [0.1, 0.15) is 44.0 Å². The number of nitrogens with one attached hydrogen (secondary N) is 2. The third-order valence-electron chi connectivity index (χ3n) is 4.76. The molecule has 1 aromatic carbocycles. The summed E-state index contributed by atoms with van der Waals surface area (Å²) >= 11 is 0. The Morgan fingerprint density at radius 2 is 1.86 bits per heavy atom. The monoisotopic (exact) mass is 389 g/mol. The number of benzene rings is 1. The molecular formula is C21H31N3O4. The summed E-state index contributed by atoms with van der Waals surface area (Å²) in [5.41, 5.74) is 0.723. The van der Waals surface area contributed by atoms with Crippen LogP contribution in [-0.4, -0.2) is 56.0 Å². The average Bonchev–Trinajstić information content (AvgIpc) is 2.67. The van der Waals surface area contributed by atoms with Gasteiger partial charge in [-0.15, -0.1) is 0 Å². The lowest BCUT2D eigenvalue weighted by Gasteiger charge is -2.32. The van der Waals surface area contributed by atoms with E-state index in [9.17, 15) is 14.4 Å². The predicted molar refractivity (Wildman–Crippen MR) is 108 cm³/mol. The Morgan fingerprint density at radius 1 is 1.18 bits per heavy atom. The van der Waals surface area contributed by atoms with Gasteiger partial charge in [0.25, 0.3) is 5.91 Å². The van der Waals surface area contributed by atoms with E-state index in [1.165, 1.54) is 0 Å². The number of anilines is 1. The summed E-state index contributed by atoms with van der Waals surface area (Å²) in [4.78, 5) is 38.9. The molecular weight excluding hydrogens is 358 g/mol. The summed E-state index contributed by atoms with van der Waals surface area (Å²) in [7, 11) is 1.59. The Balaban J connectivity index is 1.95. The SMILES string of the molecule is COCCNC(=O)C1CCCN(C(=O)c2ccc(NC(=O)C(C)(C)C)cc2)C1. The minimum absolute atomic E-state index is 0.0326. The van der Waals surface area contributed by atoms with E-state index in [-0.39, 0.29) is 23.6 Å². The zero-order valence-corrected chi connectivity index (χ0v) is 17.2. The minimum Gasteiger partial charge on any atom is -0.383 e. The molecule has 154 valence electrons. The van der Waals surface area contributed by atoms with Crippen molar-refractivity contribution in [3.8, 4) is 0 Å². The number of carbonyl (C=O) groups excluding carboxylic acids is 3. The second kappa shape index (κ2) is 9.68. The van der Waals surface area contributed by atoms with E-state index in [2.05, 4.69) is 10.6 Å². The highest BCUT2D eigenvalue weighted by Crippen LogP contribution is 2.21. The van der Waals surface area contributed by atoms with Crippen molar-refractivity contribution in [2.24, 2.45) is 11.3 Å². The van der Waals surface area contributed by atoms with Gasteiger partial charge in [-0.25, -0.2) is 0 Å². The van der Waals surface area contributed by atoms with Crippen molar-refractivity contribution in [3.63, 3.8) is 0 Å². The average molecular weight is 389 g/mol. The summed E-state index contributed by atoms with van der Waals surface area (Å²) in [6.45, 7) is 7.54. The van der Waals surface area contributed by atoms with E-state index in [0.717, 1.165) is 12.8 Å². The number of nitrogens with zero attached hydrogens (tertiary/aromatic N) is 1. The molecule has 1 saturated heterocycles. The lowest BCUT2D eigenvalue weighted by molar-refractivity contribution is -0.126. The molecule has 1 aromatic rings. The van der Waals surface area contributed by atoms with E-state index >= 15 is 0 Å². The molecule has 0 aromatic heterocycles. The highest BCUT2D eigenvalue weighted by atomic mass is 16.5. The molecule has 1 atom stereocenters. The van der Waals surface area contributed by atoms with Gasteiger partial charge in [0.05, 0.1) is 12.5 Å². The van der Waals surface area contributed by atoms with Crippen molar-refractivity contribution in [1.82, 2.24) is 10.2 Å². The molecule has 0 spiro atoms. The van der Waals surface area contributed by atoms with E-state index in [4.69, 9.17) is 4.74 Å². The van der Waals surface area contributed by atoms with Crippen molar-refractivity contribution < 1.29 is 19.1 Å². The lowest BCUT2D eigenvalue weighted by Crippen LogP contribution is -2.45. The number of amides is 3. The van der Waals surface area contributed by atoms with E-state index < -0.39 is 5.41 Å². The first-order chi connectivity index (χ1) is 13.2. The molecule has 0 radical (unpaired) electrons. The molecule has 0 bridgehead atoms. The molecule has 1 unspecified atom stereocenters. The van der Waals surface area contributed by atoms with Crippen LogP contribution in [0.4, 0.5) is 5.69 Å². The summed E-state index contributed by atoms with van der Waals surface area (Å²) in [5, 5.41) is 5.70. The Morgan fingerprint density at radius 3 is 2.46 bits per heavy atom. The van der Waals surface area contributed by atoms with Crippen LogP contribution in [0.25, 0.3) is 0 Å². The van der Waals surface area contributed by atoms with E-state index in [1.54, 1.807) is 36.3 Å². The fourth-order valence-corrected chi connectivity index (χ4v) is 2.99. The molecule has 2 rings (SSSR count). The van der Waals surface area contributed by atoms with Crippen LogP contribution < -0.4 is 10.6 Å². The number of piperidine rings is 1. The second-order valence-corrected chi connectivity index (χ2v) is 8.16. The van der Waals surface area contributed by atoms with E-state index in [0.29, 0.717) is 37.5 Å². The summed E-state index contributed by atoms with van der Waals surface area (Å²) in [6, 6.07) is 6.89. The van der Waals surface area contributed by atoms with Crippen LogP contribution in [0.3, 0.4) is 0 Å². The van der Waals surface area contributed by atoms with Gasteiger partial charge >= 0.3 is 0 Å². The van der Waals surface area contributed by atoms with Gasteiger partial charge in [-0.1, -0.05) is 20.8 Å². The number of methoxy groups -OCH3 is 1. The first kappa shape index (κ1) is 21.9. The van der Waals surface area contributed by atoms with Crippen LogP contribution in [0, 0.1) is 11.3 Å². The van der Waals surface area contributed by atoms with Gasteiger partial charge in [-0.05, 0) is 37.1 Å². The largest absolute Gasteiger partial charge is 0.383 e. The molecule has 3 amide bonds. The molecule has 2 N–H and O–H groups in total. The number of carbonyl (C=O) groups is 3. The normalized spacial score (nSPS) is 17.1. The third-order valence-corrected chi connectivity index (χ3v) is 4.76. The molecule has 1 aliphatic heterocycles. The fraction of sp³-hybridized carbons (Fsp3) is 0.571. The Labute approximate surface area is 166 Å². The van der Waals surface area contributed by atoms with E-state index in [1.807, 2.05) is 20.8 Å². The van der Waals surface area contributed by atoms with Crippen molar-refractivity contribution in [1.29, 1.82) is 0 Å². The topological polar surface area (TPSA) is 87.7 Å². The van der Waals surface area contributed by atoms with Gasteiger partial charge < -0.3 is 20.3 Å². The Bertz CT molecular complexity index is 695. The standard InChI is InChI=1S/C21H31N3O4/c1-21(2,3)20(27)23-17-9-7-15(8-10-17)19(26)24-12-5-6-16(14-24)18(25)22-11-13-28-4/h7-10,16H,5-6,11-14H2,1-4H3,(H,22,25)(H,23,27). The quantitative estimate of drug-likeness (QED) is 0.731. The number of hydrogen-bond acceptors (Lipinski definition) is 4. The molecule has 1 fully saturated rings. The van der Waals surface area contributed by atoms with Crippen LogP contribution in [-0.2, 0) is 14.3 Å². The predicted octanol–water partition coefficient (Wildman–Crippen LogP) is 2.29. The number of rotatable bonds is 6. The lowest BCUT2D eigenvalue weighted by atomic mass is 9.95. The molecule has 1 aliphatic rings. The number of hydrogen-bond donors (Lipinski definition) is 2. The molecule has 7 heteroatoms. The maximum atomic E-state index is 12.8. The molecule has 28 heavy (non-hydrogen) atoms. The van der Waals surface area contributed by atoms with Crippen LogP contribution in [0.15, 0.2) is 24.3 Å². The highest BCUT2D eigenvalue weighted by Gasteiger charge is 2.29. The zero-order chi connectivity index (χ0) is 20.7. The van der Waals surface area contributed by atoms with Gasteiger partial charge in [0.1, 0.15) is 0 Å². The van der Waals surface area contributed by atoms with Gasteiger partial charge in [0.2, 0.25) is 11.8 Å². The van der Waals surface area contributed by atoms with Crippen molar-refractivity contribution >= 4 is 23.4 Å². The first-order valence-electron chi connectivity index (χ1n) is 9.70. The fourth-order valence-electron chi connectivity index (χ4n) is 2.99. The first-order valence-corrected chi connectivity index (χ1v) is 9.70. The molecule has 7 nitrogen and oxygen atoms in total. The maximum absolute atomic E-state index is 12.8. The molecule has 0 saturated carbocycles. The number of likely N-dealkylation sites (tertiary alicyclic amines) is 1. The highest BCUT2D eigenvalue weighted by molar-refractivity contribution is 5.97. The van der Waals surface area contributed by atoms with Crippen LogP contribution in [0.2, 0.25) is 0 Å². The minimum atomic E-state index is -0.485. The van der Waals surface area contributed by atoms with Crippen molar-refractivity contribution in [2.45, 2.75) is 33.6 Å². The third kappa shape index (κ3) is 6.05. The molecule has 0 aliphatic carbocycles. The Kier molecular flexibility index (Phi) is 7.57. The van der Waals surface area contributed by atoms with Crippen LogP contribution in [0.5, 0.6) is 0 Å². The van der Waals surface area contributed by atoms with Gasteiger partial charge in [-0.2, -0.15) is 0 Å². The van der Waals surface area contributed by atoms with Gasteiger partial charge in [0.15, 0.2) is 0 Å². The maximum Gasteiger partial charge on any atom is 0.253 e. The summed E-state index contributed by atoms with van der Waals surface area (Å²) in [5.74, 6) is -0.400. The Hall–Kier alpha value is -2.41. The van der Waals surface area contributed by atoms with Crippen LogP contribution >= 0.6 is 0 Å². The number of ether oxygens (including phenoxy) is 1. The smallest absolute Gasteiger partial charge is 0.253 e.